The number of anilines is 1. The van der Waals surface area contributed by atoms with Crippen molar-refractivity contribution in [3.63, 3.8) is 0 Å². The van der Waals surface area contributed by atoms with E-state index in [-0.39, 0.29) is 18.2 Å². The number of hydrogen-bond acceptors (Lipinski definition) is 5. The first kappa shape index (κ1) is 14.5. The van der Waals surface area contributed by atoms with Crippen molar-refractivity contribution in [3.8, 4) is 0 Å². The van der Waals surface area contributed by atoms with E-state index in [9.17, 15) is 19.5 Å². The second-order valence-electron chi connectivity index (χ2n) is 4.48. The maximum Gasteiger partial charge on any atom is 0.254 e. The summed E-state index contributed by atoms with van der Waals surface area (Å²) in [6.07, 6.45) is -0.467. The van der Waals surface area contributed by atoms with Gasteiger partial charge < -0.3 is 21.1 Å². The molecular formula is C12H15N3O4S. The van der Waals surface area contributed by atoms with E-state index in [4.69, 9.17) is 0 Å². The molecule has 0 spiro atoms. The Labute approximate surface area is 119 Å². The standard InChI is InChI=1S/C12H15N3O4S/c1-6(16)13-12-7(4-5-20-12)10(18)14-8-2-3-9(17)15-11(8)19/h4-5,8,11,19H,2-3H2,1H3,(H,13,16)(H,14,18)(H,15,17). The van der Waals surface area contributed by atoms with E-state index in [1.54, 1.807) is 11.4 Å². The quantitative estimate of drug-likeness (QED) is 0.631. The molecule has 7 nitrogen and oxygen atoms in total. The van der Waals surface area contributed by atoms with Gasteiger partial charge in [-0.05, 0) is 17.9 Å². The number of rotatable bonds is 3. The SMILES string of the molecule is CC(=O)Nc1sccc1C(=O)NC1CCC(=O)NC1O. The topological polar surface area (TPSA) is 108 Å². The van der Waals surface area contributed by atoms with Crippen LogP contribution in [-0.4, -0.2) is 35.1 Å². The normalized spacial score (nSPS) is 22.0. The van der Waals surface area contributed by atoms with E-state index in [2.05, 4.69) is 16.0 Å². The summed E-state index contributed by atoms with van der Waals surface area (Å²) in [7, 11) is 0. The number of carbonyl (C=O) groups excluding carboxylic acids is 3. The number of amides is 3. The Bertz CT molecular complexity index is 543. The smallest absolute Gasteiger partial charge is 0.254 e. The van der Waals surface area contributed by atoms with Crippen molar-refractivity contribution in [1.82, 2.24) is 10.6 Å². The Balaban J connectivity index is 2.03. The molecule has 0 aliphatic carbocycles. The molecule has 2 unspecified atom stereocenters. The Morgan fingerprint density at radius 3 is 2.90 bits per heavy atom. The Hall–Kier alpha value is -1.93. The van der Waals surface area contributed by atoms with Gasteiger partial charge in [-0.15, -0.1) is 11.3 Å². The summed E-state index contributed by atoms with van der Waals surface area (Å²) < 4.78 is 0. The molecule has 0 radical (unpaired) electrons. The highest BCUT2D eigenvalue weighted by Crippen LogP contribution is 2.23. The van der Waals surface area contributed by atoms with Crippen LogP contribution in [0.25, 0.3) is 0 Å². The van der Waals surface area contributed by atoms with Gasteiger partial charge in [0, 0.05) is 13.3 Å². The molecule has 1 aromatic heterocycles. The predicted molar refractivity (Wildman–Crippen MR) is 73.3 cm³/mol. The Morgan fingerprint density at radius 1 is 1.50 bits per heavy atom. The summed E-state index contributed by atoms with van der Waals surface area (Å²) in [6.45, 7) is 1.36. The fourth-order valence-corrected chi connectivity index (χ4v) is 2.75. The number of aliphatic hydroxyl groups excluding tert-OH is 1. The maximum atomic E-state index is 12.1. The van der Waals surface area contributed by atoms with Gasteiger partial charge in [-0.2, -0.15) is 0 Å². The molecule has 2 rings (SSSR count). The summed E-state index contributed by atoms with van der Waals surface area (Å²) in [5.41, 5.74) is 0.342. The van der Waals surface area contributed by atoms with Gasteiger partial charge in [0.2, 0.25) is 11.8 Å². The van der Waals surface area contributed by atoms with Gasteiger partial charge in [0.1, 0.15) is 11.2 Å². The lowest BCUT2D eigenvalue weighted by Crippen LogP contribution is -2.55. The highest BCUT2D eigenvalue weighted by molar-refractivity contribution is 7.14. The van der Waals surface area contributed by atoms with E-state index < -0.39 is 18.2 Å². The third kappa shape index (κ3) is 3.34. The van der Waals surface area contributed by atoms with Gasteiger partial charge in [-0.25, -0.2) is 0 Å². The number of hydrogen-bond donors (Lipinski definition) is 4. The van der Waals surface area contributed by atoms with Gasteiger partial charge in [0.25, 0.3) is 5.91 Å². The molecule has 3 amide bonds. The lowest BCUT2D eigenvalue weighted by molar-refractivity contribution is -0.127. The number of carbonyl (C=O) groups is 3. The first-order chi connectivity index (χ1) is 9.47. The van der Waals surface area contributed by atoms with Crippen LogP contribution < -0.4 is 16.0 Å². The molecule has 1 fully saturated rings. The average molecular weight is 297 g/mol. The average Bonchev–Trinajstić information content (AvgIpc) is 2.80. The maximum absolute atomic E-state index is 12.1. The molecule has 4 N–H and O–H groups in total. The number of thiophene rings is 1. The molecular weight excluding hydrogens is 282 g/mol. The molecule has 20 heavy (non-hydrogen) atoms. The van der Waals surface area contributed by atoms with Crippen LogP contribution in [0.1, 0.15) is 30.1 Å². The van der Waals surface area contributed by atoms with Crippen LogP contribution in [0, 0.1) is 0 Å². The van der Waals surface area contributed by atoms with Crippen molar-refractivity contribution in [2.75, 3.05) is 5.32 Å². The molecule has 1 aromatic rings. The van der Waals surface area contributed by atoms with Crippen molar-refractivity contribution in [2.45, 2.75) is 32.0 Å². The van der Waals surface area contributed by atoms with Crippen LogP contribution in [0.2, 0.25) is 0 Å². The van der Waals surface area contributed by atoms with Gasteiger partial charge in [-0.3, -0.25) is 14.4 Å². The zero-order valence-corrected chi connectivity index (χ0v) is 11.6. The molecule has 0 saturated carbocycles. The van der Waals surface area contributed by atoms with Crippen molar-refractivity contribution in [1.29, 1.82) is 0 Å². The lowest BCUT2D eigenvalue weighted by atomic mass is 10.0. The van der Waals surface area contributed by atoms with Crippen LogP contribution in [0.4, 0.5) is 5.00 Å². The third-order valence-corrected chi connectivity index (χ3v) is 3.72. The predicted octanol–water partition coefficient (Wildman–Crippen LogP) is 0.0333. The highest BCUT2D eigenvalue weighted by atomic mass is 32.1. The molecule has 2 atom stereocenters. The van der Waals surface area contributed by atoms with Crippen LogP contribution in [0.3, 0.4) is 0 Å². The second kappa shape index (κ2) is 6.02. The lowest BCUT2D eigenvalue weighted by Gasteiger charge is -2.28. The molecule has 0 aromatic carbocycles. The number of nitrogens with one attached hydrogen (secondary N) is 3. The number of aliphatic hydroxyl groups is 1. The molecule has 108 valence electrons. The largest absolute Gasteiger partial charge is 0.372 e. The van der Waals surface area contributed by atoms with E-state index in [0.717, 1.165) is 0 Å². The summed E-state index contributed by atoms with van der Waals surface area (Å²) in [4.78, 5) is 34.2. The summed E-state index contributed by atoms with van der Waals surface area (Å²) in [5, 5.41) is 19.4. The van der Waals surface area contributed by atoms with E-state index in [0.29, 0.717) is 17.0 Å². The van der Waals surface area contributed by atoms with Crippen LogP contribution in [0.5, 0.6) is 0 Å². The summed E-state index contributed by atoms with van der Waals surface area (Å²) in [5.74, 6) is -0.890. The van der Waals surface area contributed by atoms with Gasteiger partial charge in [-0.1, -0.05) is 0 Å². The van der Waals surface area contributed by atoms with Crippen molar-refractivity contribution in [2.24, 2.45) is 0 Å². The fourth-order valence-electron chi connectivity index (χ4n) is 1.92. The first-order valence-electron chi connectivity index (χ1n) is 6.10. The van der Waals surface area contributed by atoms with Crippen LogP contribution in [0.15, 0.2) is 11.4 Å². The van der Waals surface area contributed by atoms with Crippen LogP contribution in [-0.2, 0) is 9.59 Å². The molecule has 2 heterocycles. The van der Waals surface area contributed by atoms with E-state index >= 15 is 0 Å². The van der Waals surface area contributed by atoms with Crippen LogP contribution >= 0.6 is 11.3 Å². The molecule has 8 heteroatoms. The monoisotopic (exact) mass is 297 g/mol. The summed E-state index contributed by atoms with van der Waals surface area (Å²) >= 11 is 1.24. The van der Waals surface area contributed by atoms with Gasteiger partial charge in [0.15, 0.2) is 0 Å². The van der Waals surface area contributed by atoms with Crippen molar-refractivity contribution >= 4 is 34.1 Å². The van der Waals surface area contributed by atoms with Crippen molar-refractivity contribution < 1.29 is 19.5 Å². The Morgan fingerprint density at radius 2 is 2.25 bits per heavy atom. The van der Waals surface area contributed by atoms with Gasteiger partial charge >= 0.3 is 0 Å². The number of piperidine rings is 1. The fraction of sp³-hybridized carbons (Fsp3) is 0.417. The Kier molecular flexibility index (Phi) is 4.35. The molecule has 0 bridgehead atoms. The molecule has 1 saturated heterocycles. The van der Waals surface area contributed by atoms with E-state index in [1.807, 2.05) is 0 Å². The van der Waals surface area contributed by atoms with Gasteiger partial charge in [0.05, 0.1) is 11.6 Å². The zero-order chi connectivity index (χ0) is 14.7. The third-order valence-electron chi connectivity index (χ3n) is 2.89. The minimum Gasteiger partial charge on any atom is -0.372 e. The van der Waals surface area contributed by atoms with Crippen molar-refractivity contribution in [3.05, 3.63) is 17.0 Å². The molecule has 1 aliphatic rings. The minimum absolute atomic E-state index is 0.238. The highest BCUT2D eigenvalue weighted by Gasteiger charge is 2.29. The zero-order valence-electron chi connectivity index (χ0n) is 10.8. The molecule has 1 aliphatic heterocycles. The summed E-state index contributed by atoms with van der Waals surface area (Å²) in [6, 6.07) is 1.06. The van der Waals surface area contributed by atoms with E-state index in [1.165, 1.54) is 18.3 Å². The second-order valence-corrected chi connectivity index (χ2v) is 5.39. The minimum atomic E-state index is -1.09. The first-order valence-corrected chi connectivity index (χ1v) is 6.98.